The van der Waals surface area contributed by atoms with Crippen molar-refractivity contribution in [3.63, 3.8) is 0 Å². The van der Waals surface area contributed by atoms with Gasteiger partial charge in [-0.1, -0.05) is 0 Å². The van der Waals surface area contributed by atoms with Crippen molar-refractivity contribution in [2.24, 2.45) is 0 Å². The molecule has 0 saturated heterocycles. The Morgan fingerprint density at radius 1 is 1.21 bits per heavy atom. The first-order chi connectivity index (χ1) is 6.56. The summed E-state index contributed by atoms with van der Waals surface area (Å²) >= 11 is 0. The number of carbonyl (C=O) groups excluding carboxylic acids is 2. The Balaban J connectivity index is 3.03. The SMILES string of the molecule is CNC(=O)C(=O)c1ccc(O)c(O)c1. The van der Waals surface area contributed by atoms with Crippen molar-refractivity contribution in [2.45, 2.75) is 0 Å². The number of amides is 1. The van der Waals surface area contributed by atoms with Gasteiger partial charge in [-0.05, 0) is 18.2 Å². The van der Waals surface area contributed by atoms with Crippen molar-refractivity contribution in [3.05, 3.63) is 23.8 Å². The second-order valence-corrected chi connectivity index (χ2v) is 2.61. The first kappa shape index (κ1) is 10.0. The van der Waals surface area contributed by atoms with Gasteiger partial charge in [-0.15, -0.1) is 0 Å². The van der Waals surface area contributed by atoms with Crippen LogP contribution in [0.15, 0.2) is 18.2 Å². The van der Waals surface area contributed by atoms with Crippen molar-refractivity contribution in [1.29, 1.82) is 0 Å². The Kier molecular flexibility index (Phi) is 2.71. The van der Waals surface area contributed by atoms with E-state index < -0.39 is 17.4 Å². The zero-order valence-electron chi connectivity index (χ0n) is 7.44. The second kappa shape index (κ2) is 3.78. The van der Waals surface area contributed by atoms with Crippen LogP contribution in [-0.2, 0) is 4.79 Å². The van der Waals surface area contributed by atoms with Gasteiger partial charge >= 0.3 is 0 Å². The highest BCUT2D eigenvalue weighted by Gasteiger charge is 2.15. The van der Waals surface area contributed by atoms with Crippen molar-refractivity contribution >= 4 is 11.7 Å². The van der Waals surface area contributed by atoms with Gasteiger partial charge in [0.2, 0.25) is 5.78 Å². The van der Waals surface area contributed by atoms with Gasteiger partial charge in [0.05, 0.1) is 0 Å². The van der Waals surface area contributed by atoms with Crippen molar-refractivity contribution in [3.8, 4) is 11.5 Å². The van der Waals surface area contributed by atoms with Crippen LogP contribution in [-0.4, -0.2) is 29.0 Å². The summed E-state index contributed by atoms with van der Waals surface area (Å²) in [5.74, 6) is -2.30. The molecule has 1 amide bonds. The summed E-state index contributed by atoms with van der Waals surface area (Å²) in [4.78, 5) is 22.1. The van der Waals surface area contributed by atoms with E-state index in [1.54, 1.807) is 0 Å². The molecular weight excluding hydrogens is 186 g/mol. The van der Waals surface area contributed by atoms with E-state index in [1.165, 1.54) is 13.1 Å². The third-order valence-electron chi connectivity index (χ3n) is 1.67. The van der Waals surface area contributed by atoms with E-state index in [-0.39, 0.29) is 11.3 Å². The van der Waals surface area contributed by atoms with Crippen LogP contribution in [0.3, 0.4) is 0 Å². The molecule has 1 aromatic carbocycles. The van der Waals surface area contributed by atoms with E-state index in [4.69, 9.17) is 10.2 Å². The molecule has 0 heterocycles. The molecule has 0 spiro atoms. The van der Waals surface area contributed by atoms with Crippen LogP contribution < -0.4 is 5.32 Å². The Bertz CT molecular complexity index is 386. The van der Waals surface area contributed by atoms with Crippen LogP contribution >= 0.6 is 0 Å². The van der Waals surface area contributed by atoms with Crippen LogP contribution in [0.1, 0.15) is 10.4 Å². The monoisotopic (exact) mass is 195 g/mol. The molecule has 3 N–H and O–H groups in total. The van der Waals surface area contributed by atoms with Gasteiger partial charge in [-0.3, -0.25) is 9.59 Å². The van der Waals surface area contributed by atoms with Gasteiger partial charge in [0.1, 0.15) is 0 Å². The van der Waals surface area contributed by atoms with Gasteiger partial charge in [0.25, 0.3) is 5.91 Å². The standard InChI is InChI=1S/C9H9NO4/c1-10-9(14)8(13)5-2-3-6(11)7(12)4-5/h2-4,11-12H,1H3,(H,10,14). The molecule has 0 atom stereocenters. The summed E-state index contributed by atoms with van der Waals surface area (Å²) in [5, 5.41) is 20.2. The number of hydrogen-bond acceptors (Lipinski definition) is 4. The zero-order valence-corrected chi connectivity index (χ0v) is 7.44. The maximum absolute atomic E-state index is 11.2. The predicted molar refractivity (Wildman–Crippen MR) is 48.2 cm³/mol. The molecule has 14 heavy (non-hydrogen) atoms. The summed E-state index contributed by atoms with van der Waals surface area (Å²) in [6, 6.07) is 3.44. The van der Waals surface area contributed by atoms with Gasteiger partial charge in [0.15, 0.2) is 11.5 Å². The van der Waals surface area contributed by atoms with E-state index >= 15 is 0 Å². The van der Waals surface area contributed by atoms with E-state index in [0.717, 1.165) is 12.1 Å². The Morgan fingerprint density at radius 3 is 2.36 bits per heavy atom. The highest BCUT2D eigenvalue weighted by Crippen LogP contribution is 2.24. The summed E-state index contributed by atoms with van der Waals surface area (Å²) in [5.41, 5.74) is 0.0275. The van der Waals surface area contributed by atoms with Crippen molar-refractivity contribution in [2.75, 3.05) is 7.05 Å². The lowest BCUT2D eigenvalue weighted by Crippen LogP contribution is -2.27. The number of nitrogens with one attached hydrogen (secondary N) is 1. The molecule has 5 nitrogen and oxygen atoms in total. The van der Waals surface area contributed by atoms with Gasteiger partial charge < -0.3 is 15.5 Å². The number of Topliss-reactive ketones (excluding diaryl/α,β-unsaturated/α-hetero) is 1. The lowest BCUT2D eigenvalue weighted by Gasteiger charge is -2.01. The smallest absolute Gasteiger partial charge is 0.292 e. The number of ketones is 1. The third-order valence-corrected chi connectivity index (χ3v) is 1.67. The normalized spacial score (nSPS) is 9.50. The number of phenolic OH excluding ortho intramolecular Hbond substituents is 2. The van der Waals surface area contributed by atoms with Crippen molar-refractivity contribution in [1.82, 2.24) is 5.32 Å². The number of hydrogen-bond donors (Lipinski definition) is 3. The minimum Gasteiger partial charge on any atom is -0.504 e. The highest BCUT2D eigenvalue weighted by molar-refractivity contribution is 6.42. The largest absolute Gasteiger partial charge is 0.504 e. The van der Waals surface area contributed by atoms with Gasteiger partial charge in [-0.2, -0.15) is 0 Å². The fourth-order valence-corrected chi connectivity index (χ4v) is 0.909. The summed E-state index contributed by atoms with van der Waals surface area (Å²) < 4.78 is 0. The molecule has 0 aliphatic carbocycles. The molecule has 0 radical (unpaired) electrons. The Labute approximate surface area is 80.0 Å². The summed E-state index contributed by atoms with van der Waals surface area (Å²) in [7, 11) is 1.33. The maximum Gasteiger partial charge on any atom is 0.292 e. The fraction of sp³-hybridized carbons (Fsp3) is 0.111. The van der Waals surface area contributed by atoms with Crippen LogP contribution in [0, 0.1) is 0 Å². The first-order valence-corrected chi connectivity index (χ1v) is 3.84. The molecule has 5 heteroatoms. The molecule has 0 bridgehead atoms. The molecule has 1 rings (SSSR count). The average molecular weight is 195 g/mol. The molecule has 0 aliphatic heterocycles. The maximum atomic E-state index is 11.2. The fourth-order valence-electron chi connectivity index (χ4n) is 0.909. The topological polar surface area (TPSA) is 86.6 Å². The average Bonchev–Trinajstić information content (AvgIpc) is 2.20. The summed E-state index contributed by atoms with van der Waals surface area (Å²) in [6.07, 6.45) is 0. The van der Waals surface area contributed by atoms with E-state index in [0.29, 0.717) is 0 Å². The van der Waals surface area contributed by atoms with Crippen molar-refractivity contribution < 1.29 is 19.8 Å². The lowest BCUT2D eigenvalue weighted by molar-refractivity contribution is -0.116. The molecule has 0 fully saturated rings. The molecular formula is C9H9NO4. The first-order valence-electron chi connectivity index (χ1n) is 3.84. The number of carbonyl (C=O) groups is 2. The van der Waals surface area contributed by atoms with E-state index in [1.807, 2.05) is 0 Å². The van der Waals surface area contributed by atoms with Gasteiger partial charge in [0, 0.05) is 12.6 Å². The number of likely N-dealkylation sites (N-methyl/N-ethyl adjacent to an activating group) is 1. The molecule has 74 valence electrons. The molecule has 0 unspecified atom stereocenters. The minimum absolute atomic E-state index is 0.0275. The zero-order chi connectivity index (χ0) is 10.7. The van der Waals surface area contributed by atoms with E-state index in [2.05, 4.69) is 5.32 Å². The highest BCUT2D eigenvalue weighted by atomic mass is 16.3. The van der Waals surface area contributed by atoms with Crippen LogP contribution in [0.4, 0.5) is 0 Å². The predicted octanol–water partition coefficient (Wildman–Crippen LogP) is 0.0265. The third kappa shape index (κ3) is 1.82. The molecule has 1 aromatic rings. The van der Waals surface area contributed by atoms with E-state index in [9.17, 15) is 9.59 Å². The minimum atomic E-state index is -0.768. The molecule has 0 aliphatic rings. The summed E-state index contributed by atoms with van der Waals surface area (Å²) in [6.45, 7) is 0. The number of phenols is 2. The Hall–Kier alpha value is -2.04. The molecule has 0 aromatic heterocycles. The van der Waals surface area contributed by atoms with Crippen LogP contribution in [0.25, 0.3) is 0 Å². The number of benzene rings is 1. The van der Waals surface area contributed by atoms with Crippen LogP contribution in [0.2, 0.25) is 0 Å². The second-order valence-electron chi connectivity index (χ2n) is 2.61. The quantitative estimate of drug-likeness (QED) is 0.353. The van der Waals surface area contributed by atoms with Gasteiger partial charge in [-0.25, -0.2) is 0 Å². The lowest BCUT2D eigenvalue weighted by atomic mass is 10.1. The molecule has 0 saturated carbocycles. The van der Waals surface area contributed by atoms with Crippen LogP contribution in [0.5, 0.6) is 11.5 Å². The Morgan fingerprint density at radius 2 is 1.86 bits per heavy atom. The number of aromatic hydroxyl groups is 2. The number of rotatable bonds is 2.